The molecule has 24 heavy (non-hydrogen) atoms. The van der Waals surface area contributed by atoms with Gasteiger partial charge in [0.05, 0.1) is 4.90 Å². The molecule has 0 spiro atoms. The van der Waals surface area contributed by atoms with E-state index in [9.17, 15) is 8.42 Å². The Balaban J connectivity index is 2.17. The van der Waals surface area contributed by atoms with Crippen molar-refractivity contribution in [2.45, 2.75) is 11.8 Å². The van der Waals surface area contributed by atoms with Crippen molar-refractivity contribution in [2.75, 3.05) is 6.26 Å². The summed E-state index contributed by atoms with van der Waals surface area (Å²) >= 11 is 6.93. The Morgan fingerprint density at radius 1 is 0.792 bits per heavy atom. The number of benzene rings is 2. The fraction of sp³-hybridized carbons (Fsp3) is 0.111. The highest BCUT2D eigenvalue weighted by Crippen LogP contribution is 2.45. The van der Waals surface area contributed by atoms with Crippen LogP contribution in [0.3, 0.4) is 0 Å². The van der Waals surface area contributed by atoms with Crippen LogP contribution in [0, 0.1) is 6.92 Å². The van der Waals surface area contributed by atoms with Crippen molar-refractivity contribution in [3.8, 4) is 22.3 Å². The molecule has 2 aromatic carbocycles. The van der Waals surface area contributed by atoms with Crippen LogP contribution in [0.15, 0.2) is 67.2 Å². The van der Waals surface area contributed by atoms with Gasteiger partial charge in [-0.15, -0.1) is 0 Å². The molecule has 0 saturated carbocycles. The van der Waals surface area contributed by atoms with E-state index in [4.69, 9.17) is 4.42 Å². The summed E-state index contributed by atoms with van der Waals surface area (Å²) in [5.41, 5.74) is 4.87. The van der Waals surface area contributed by atoms with Crippen LogP contribution < -0.4 is 0 Å². The van der Waals surface area contributed by atoms with E-state index in [0.717, 1.165) is 22.3 Å². The minimum Gasteiger partial charge on any atom is -0.441 e. The Labute approximate surface area is 157 Å². The largest absolute Gasteiger partial charge is 0.441 e. The summed E-state index contributed by atoms with van der Waals surface area (Å²) in [6.45, 7) is 2.04. The van der Waals surface area contributed by atoms with Crippen molar-refractivity contribution in [3.05, 3.63) is 63.4 Å². The lowest BCUT2D eigenvalue weighted by Crippen LogP contribution is -1.96. The van der Waals surface area contributed by atoms with Gasteiger partial charge in [0.1, 0.15) is 0 Å². The minimum atomic E-state index is -3.22. The first kappa shape index (κ1) is 17.5. The summed E-state index contributed by atoms with van der Waals surface area (Å²) in [6.07, 6.45) is 1.20. The molecule has 1 aromatic heterocycles. The number of aryl methyl sites for hydroxylation is 1. The van der Waals surface area contributed by atoms with Crippen molar-refractivity contribution in [2.24, 2.45) is 0 Å². The summed E-state index contributed by atoms with van der Waals surface area (Å²) in [5.74, 6) is 0. The van der Waals surface area contributed by atoms with Gasteiger partial charge >= 0.3 is 0 Å². The zero-order valence-electron chi connectivity index (χ0n) is 13.0. The van der Waals surface area contributed by atoms with Crippen molar-refractivity contribution >= 4 is 41.7 Å². The Bertz CT molecular complexity index is 986. The average Bonchev–Trinajstić information content (AvgIpc) is 2.82. The lowest BCUT2D eigenvalue weighted by Gasteiger charge is -2.07. The zero-order chi connectivity index (χ0) is 17.5. The highest BCUT2D eigenvalue weighted by Gasteiger charge is 2.20. The highest BCUT2D eigenvalue weighted by atomic mass is 79.9. The van der Waals surface area contributed by atoms with E-state index in [2.05, 4.69) is 31.9 Å². The Kier molecular flexibility index (Phi) is 4.73. The lowest BCUT2D eigenvalue weighted by molar-refractivity contribution is 0.518. The fourth-order valence-corrected chi connectivity index (χ4v) is 4.51. The predicted molar refractivity (Wildman–Crippen MR) is 103 cm³/mol. The number of furan rings is 1. The molecule has 0 N–H and O–H groups in total. The van der Waals surface area contributed by atoms with Crippen molar-refractivity contribution in [1.29, 1.82) is 0 Å². The van der Waals surface area contributed by atoms with Gasteiger partial charge in [0.25, 0.3) is 0 Å². The monoisotopic (exact) mass is 468 g/mol. The second-order valence-corrected chi connectivity index (χ2v) is 9.02. The first-order chi connectivity index (χ1) is 11.3. The van der Waals surface area contributed by atoms with Crippen LogP contribution >= 0.6 is 31.9 Å². The van der Waals surface area contributed by atoms with Gasteiger partial charge in [-0.1, -0.05) is 42.0 Å². The molecule has 6 heteroatoms. The molecule has 1 heterocycles. The number of rotatable bonds is 3. The lowest BCUT2D eigenvalue weighted by atomic mass is 9.98. The zero-order valence-corrected chi connectivity index (χ0v) is 17.0. The van der Waals surface area contributed by atoms with Crippen LogP contribution in [0.5, 0.6) is 0 Å². The van der Waals surface area contributed by atoms with Gasteiger partial charge in [-0.3, -0.25) is 0 Å². The third kappa shape index (κ3) is 3.36. The van der Waals surface area contributed by atoms with Crippen LogP contribution in [0.2, 0.25) is 0 Å². The standard InChI is InChI=1S/C18H14Br2O3S/c1-11-3-5-12(6-4-11)15-16(18(20)23-17(15)19)13-7-9-14(10-8-13)24(2,21)22/h3-10H,1-2H3. The SMILES string of the molecule is Cc1ccc(-c2c(Br)oc(Br)c2-c2ccc(S(C)(=O)=O)cc2)cc1. The van der Waals surface area contributed by atoms with Gasteiger partial charge in [0, 0.05) is 17.4 Å². The van der Waals surface area contributed by atoms with Gasteiger partial charge in [0.15, 0.2) is 19.2 Å². The first-order valence-electron chi connectivity index (χ1n) is 7.12. The van der Waals surface area contributed by atoms with Crippen molar-refractivity contribution in [3.63, 3.8) is 0 Å². The molecule has 0 radical (unpaired) electrons. The molecule has 124 valence electrons. The maximum absolute atomic E-state index is 11.6. The predicted octanol–water partition coefficient (Wildman–Crippen LogP) is 5.85. The number of halogens is 2. The van der Waals surface area contributed by atoms with E-state index in [1.165, 1.54) is 11.8 Å². The fourth-order valence-electron chi connectivity index (χ4n) is 2.48. The highest BCUT2D eigenvalue weighted by molar-refractivity contribution is 9.11. The van der Waals surface area contributed by atoms with E-state index in [0.29, 0.717) is 14.2 Å². The number of hydrogen-bond acceptors (Lipinski definition) is 3. The van der Waals surface area contributed by atoms with Crippen molar-refractivity contribution in [1.82, 2.24) is 0 Å². The molecule has 3 nitrogen and oxygen atoms in total. The van der Waals surface area contributed by atoms with E-state index < -0.39 is 9.84 Å². The van der Waals surface area contributed by atoms with E-state index in [-0.39, 0.29) is 0 Å². The Hall–Kier alpha value is -1.37. The molecule has 0 unspecified atom stereocenters. The normalized spacial score (nSPS) is 11.7. The van der Waals surface area contributed by atoms with Gasteiger partial charge in [-0.25, -0.2) is 8.42 Å². The van der Waals surface area contributed by atoms with E-state index in [1.54, 1.807) is 24.3 Å². The smallest absolute Gasteiger partial charge is 0.179 e. The van der Waals surface area contributed by atoms with Gasteiger partial charge in [-0.05, 0) is 62.0 Å². The third-order valence-corrected chi connectivity index (χ3v) is 5.98. The molecular formula is C18H14Br2O3S. The molecule has 0 saturated heterocycles. The second-order valence-electron chi connectivity index (χ2n) is 5.56. The summed E-state index contributed by atoms with van der Waals surface area (Å²) in [4.78, 5) is 0.293. The van der Waals surface area contributed by atoms with Crippen LogP contribution in [0.4, 0.5) is 0 Å². The van der Waals surface area contributed by atoms with E-state index in [1.807, 2.05) is 31.2 Å². The maximum atomic E-state index is 11.6. The van der Waals surface area contributed by atoms with Gasteiger partial charge in [0.2, 0.25) is 0 Å². The van der Waals surface area contributed by atoms with Gasteiger partial charge in [-0.2, -0.15) is 0 Å². The summed E-state index contributed by atoms with van der Waals surface area (Å²) < 4.78 is 30.2. The minimum absolute atomic E-state index is 0.293. The molecule has 0 aliphatic rings. The molecule has 0 aliphatic carbocycles. The summed E-state index contributed by atoms with van der Waals surface area (Å²) in [5, 5.41) is 0. The first-order valence-corrected chi connectivity index (χ1v) is 10.6. The molecule has 0 amide bonds. The Morgan fingerprint density at radius 2 is 1.21 bits per heavy atom. The molecule has 0 aliphatic heterocycles. The average molecular weight is 470 g/mol. The summed E-state index contributed by atoms with van der Waals surface area (Å²) in [7, 11) is -3.22. The topological polar surface area (TPSA) is 47.3 Å². The number of sulfone groups is 1. The van der Waals surface area contributed by atoms with Crippen LogP contribution in [-0.4, -0.2) is 14.7 Å². The van der Waals surface area contributed by atoms with Crippen LogP contribution in [0.25, 0.3) is 22.3 Å². The second kappa shape index (κ2) is 6.50. The van der Waals surface area contributed by atoms with Gasteiger partial charge < -0.3 is 4.42 Å². The van der Waals surface area contributed by atoms with E-state index >= 15 is 0 Å². The van der Waals surface area contributed by atoms with Crippen LogP contribution in [0.1, 0.15) is 5.56 Å². The maximum Gasteiger partial charge on any atom is 0.179 e. The molecule has 3 rings (SSSR count). The Morgan fingerprint density at radius 3 is 1.62 bits per heavy atom. The molecule has 0 bridgehead atoms. The third-order valence-electron chi connectivity index (χ3n) is 3.73. The van der Waals surface area contributed by atoms with Crippen molar-refractivity contribution < 1.29 is 12.8 Å². The molecular weight excluding hydrogens is 456 g/mol. The summed E-state index contributed by atoms with van der Waals surface area (Å²) in [6, 6.07) is 14.9. The molecule has 0 atom stereocenters. The van der Waals surface area contributed by atoms with Crippen LogP contribution in [-0.2, 0) is 9.84 Å². The molecule has 0 fully saturated rings. The quantitative estimate of drug-likeness (QED) is 0.483. The number of hydrogen-bond donors (Lipinski definition) is 0. The molecule has 3 aromatic rings.